The maximum Gasteiger partial charge on any atom is 0.195 e. The minimum Gasteiger partial charge on any atom is -0.204 e. The lowest BCUT2D eigenvalue weighted by molar-refractivity contribution is 0.453. The van der Waals surface area contributed by atoms with Gasteiger partial charge in [0.05, 0.1) is 0 Å². The Balaban J connectivity index is 1.71. The van der Waals surface area contributed by atoms with Crippen LogP contribution in [0.3, 0.4) is 0 Å². The van der Waals surface area contributed by atoms with Gasteiger partial charge in [-0.1, -0.05) is 73.3 Å². The number of hydrogen-bond acceptors (Lipinski definition) is 0. The molecule has 3 heteroatoms. The summed E-state index contributed by atoms with van der Waals surface area (Å²) in [6.07, 6.45) is 1.80. The molecule has 132 valence electrons. The molecule has 0 amide bonds. The van der Waals surface area contributed by atoms with Crippen molar-refractivity contribution in [2.45, 2.75) is 0 Å². The molecule has 0 spiro atoms. The van der Waals surface area contributed by atoms with E-state index >= 15 is 0 Å². The lowest BCUT2D eigenvalue weighted by atomic mass is 9.97. The molecule has 0 bridgehead atoms. The lowest BCUT2D eigenvalue weighted by Gasteiger charge is -2.08. The van der Waals surface area contributed by atoms with Crippen molar-refractivity contribution in [2.75, 3.05) is 0 Å². The second-order valence-corrected chi connectivity index (χ2v) is 6.33. The Morgan fingerprint density at radius 3 is 1.70 bits per heavy atom. The molecule has 0 N–H and O–H groups in total. The van der Waals surface area contributed by atoms with Gasteiger partial charge in [-0.15, -0.1) is 0 Å². The van der Waals surface area contributed by atoms with Crippen LogP contribution < -0.4 is 0 Å². The SMILES string of the molecule is C=Cc1ccc(-c2ccc(-c3ccc4c(F)c(F)c(F)cc4c3)cc2)cc1. The van der Waals surface area contributed by atoms with Gasteiger partial charge in [0.2, 0.25) is 0 Å². The molecular formula is C24H15F3. The van der Waals surface area contributed by atoms with Gasteiger partial charge in [0.25, 0.3) is 0 Å². The number of rotatable bonds is 3. The topological polar surface area (TPSA) is 0 Å². The van der Waals surface area contributed by atoms with Crippen LogP contribution in [0.5, 0.6) is 0 Å². The number of benzene rings is 4. The van der Waals surface area contributed by atoms with Gasteiger partial charge in [0.15, 0.2) is 17.5 Å². The Bertz CT molecular complexity index is 1140. The van der Waals surface area contributed by atoms with Crippen molar-refractivity contribution >= 4 is 16.8 Å². The molecule has 4 aromatic rings. The Hall–Kier alpha value is -3.33. The molecule has 0 fully saturated rings. The van der Waals surface area contributed by atoms with Crippen molar-refractivity contribution in [1.29, 1.82) is 0 Å². The molecule has 0 atom stereocenters. The molecule has 0 saturated carbocycles. The second kappa shape index (κ2) is 6.76. The first-order chi connectivity index (χ1) is 13.1. The maximum atomic E-state index is 13.9. The van der Waals surface area contributed by atoms with E-state index in [0.29, 0.717) is 5.39 Å². The number of hydrogen-bond donors (Lipinski definition) is 0. The lowest BCUT2D eigenvalue weighted by Crippen LogP contribution is -1.92. The first-order valence-corrected chi connectivity index (χ1v) is 8.47. The van der Waals surface area contributed by atoms with Crippen LogP contribution in [-0.2, 0) is 0 Å². The predicted molar refractivity (Wildman–Crippen MR) is 105 cm³/mol. The maximum absolute atomic E-state index is 13.9. The molecule has 0 saturated heterocycles. The van der Waals surface area contributed by atoms with Crippen LogP contribution in [0.2, 0.25) is 0 Å². The Morgan fingerprint density at radius 2 is 1.11 bits per heavy atom. The minimum absolute atomic E-state index is 0.0663. The van der Waals surface area contributed by atoms with Gasteiger partial charge >= 0.3 is 0 Å². The molecule has 0 unspecified atom stereocenters. The van der Waals surface area contributed by atoms with E-state index in [0.717, 1.165) is 33.9 Å². The normalized spacial score (nSPS) is 10.9. The third kappa shape index (κ3) is 3.13. The summed E-state index contributed by atoms with van der Waals surface area (Å²) in [6.45, 7) is 3.75. The van der Waals surface area contributed by atoms with E-state index < -0.39 is 17.5 Å². The van der Waals surface area contributed by atoms with Crippen molar-refractivity contribution < 1.29 is 13.2 Å². The van der Waals surface area contributed by atoms with Crippen LogP contribution in [0.4, 0.5) is 13.2 Å². The van der Waals surface area contributed by atoms with Crippen LogP contribution in [0.1, 0.15) is 5.56 Å². The van der Waals surface area contributed by atoms with Crippen LogP contribution >= 0.6 is 0 Å². The van der Waals surface area contributed by atoms with Crippen molar-refractivity contribution in [3.8, 4) is 22.3 Å². The van der Waals surface area contributed by atoms with Gasteiger partial charge in [-0.2, -0.15) is 0 Å². The van der Waals surface area contributed by atoms with E-state index in [1.807, 2.05) is 48.5 Å². The third-order valence-corrected chi connectivity index (χ3v) is 4.67. The number of fused-ring (bicyclic) bond motifs is 1. The average Bonchev–Trinajstić information content (AvgIpc) is 2.72. The number of halogens is 3. The molecule has 4 rings (SSSR count). The summed E-state index contributed by atoms with van der Waals surface area (Å²) in [6, 6.07) is 21.8. The van der Waals surface area contributed by atoms with Crippen molar-refractivity contribution in [3.63, 3.8) is 0 Å². The zero-order valence-electron chi connectivity index (χ0n) is 14.3. The Kier molecular flexibility index (Phi) is 4.28. The van der Waals surface area contributed by atoms with Crippen LogP contribution in [-0.4, -0.2) is 0 Å². The molecule has 0 aliphatic rings. The van der Waals surface area contributed by atoms with Gasteiger partial charge in [-0.25, -0.2) is 13.2 Å². The summed E-state index contributed by atoms with van der Waals surface area (Å²) in [5, 5.41) is 0.393. The Morgan fingerprint density at radius 1 is 0.593 bits per heavy atom. The van der Waals surface area contributed by atoms with Crippen molar-refractivity contribution in [3.05, 3.63) is 102 Å². The van der Waals surface area contributed by atoms with Crippen molar-refractivity contribution in [2.24, 2.45) is 0 Å². The predicted octanol–water partition coefficient (Wildman–Crippen LogP) is 7.23. The Labute approximate surface area is 155 Å². The largest absolute Gasteiger partial charge is 0.204 e. The van der Waals surface area contributed by atoms with E-state index in [1.165, 1.54) is 6.07 Å². The fourth-order valence-electron chi connectivity index (χ4n) is 3.15. The van der Waals surface area contributed by atoms with Crippen LogP contribution in [0.15, 0.2) is 79.4 Å². The van der Waals surface area contributed by atoms with E-state index in [9.17, 15) is 13.2 Å². The summed E-state index contributed by atoms with van der Waals surface area (Å²) in [5.74, 6) is -3.78. The van der Waals surface area contributed by atoms with E-state index in [4.69, 9.17) is 0 Å². The first-order valence-electron chi connectivity index (χ1n) is 8.47. The first kappa shape index (κ1) is 17.1. The molecular weight excluding hydrogens is 345 g/mol. The summed E-state index contributed by atoms with van der Waals surface area (Å²) >= 11 is 0. The van der Waals surface area contributed by atoms with Crippen LogP contribution in [0.25, 0.3) is 39.1 Å². The van der Waals surface area contributed by atoms with Crippen LogP contribution in [0, 0.1) is 17.5 Å². The smallest absolute Gasteiger partial charge is 0.195 e. The van der Waals surface area contributed by atoms with E-state index in [1.54, 1.807) is 18.2 Å². The third-order valence-electron chi connectivity index (χ3n) is 4.67. The summed E-state index contributed by atoms with van der Waals surface area (Å²) in [7, 11) is 0. The molecule has 27 heavy (non-hydrogen) atoms. The molecule has 0 radical (unpaired) electrons. The molecule has 0 heterocycles. The fraction of sp³-hybridized carbons (Fsp3) is 0. The molecule has 4 aromatic carbocycles. The second-order valence-electron chi connectivity index (χ2n) is 6.33. The van der Waals surface area contributed by atoms with E-state index in [2.05, 4.69) is 6.58 Å². The van der Waals surface area contributed by atoms with Gasteiger partial charge < -0.3 is 0 Å². The molecule has 0 aliphatic heterocycles. The quantitative estimate of drug-likeness (QED) is 0.338. The average molecular weight is 360 g/mol. The van der Waals surface area contributed by atoms with Gasteiger partial charge in [0, 0.05) is 5.39 Å². The molecule has 0 aromatic heterocycles. The summed E-state index contributed by atoms with van der Waals surface area (Å²) < 4.78 is 40.8. The molecule has 0 nitrogen and oxygen atoms in total. The van der Waals surface area contributed by atoms with Gasteiger partial charge in [0.1, 0.15) is 0 Å². The highest BCUT2D eigenvalue weighted by atomic mass is 19.2. The highest BCUT2D eigenvalue weighted by Gasteiger charge is 2.13. The standard InChI is InChI=1S/C24H15F3/c1-2-15-3-5-16(6-4-15)17-7-9-18(10-8-17)19-11-12-21-20(13-19)14-22(25)24(27)23(21)26/h2-14H,1H2. The molecule has 0 aliphatic carbocycles. The zero-order valence-corrected chi connectivity index (χ0v) is 14.3. The monoisotopic (exact) mass is 360 g/mol. The van der Waals surface area contributed by atoms with Gasteiger partial charge in [-0.05, 0) is 45.3 Å². The van der Waals surface area contributed by atoms with Gasteiger partial charge in [-0.3, -0.25) is 0 Å². The minimum atomic E-state index is -1.44. The summed E-state index contributed by atoms with van der Waals surface area (Å²) in [4.78, 5) is 0. The fourth-order valence-corrected chi connectivity index (χ4v) is 3.15. The summed E-state index contributed by atoms with van der Waals surface area (Å²) in [5.41, 5.74) is 4.93. The van der Waals surface area contributed by atoms with E-state index in [-0.39, 0.29) is 5.39 Å². The highest BCUT2D eigenvalue weighted by Crippen LogP contribution is 2.30. The van der Waals surface area contributed by atoms with Crippen molar-refractivity contribution in [1.82, 2.24) is 0 Å². The zero-order chi connectivity index (χ0) is 19.0. The highest BCUT2D eigenvalue weighted by molar-refractivity contribution is 5.88.